The summed E-state index contributed by atoms with van der Waals surface area (Å²) in [4.78, 5) is 29.0. The molecule has 0 fully saturated rings. The molecule has 1 atom stereocenters. The fourth-order valence-electron chi connectivity index (χ4n) is 4.79. The molecule has 1 N–H and O–H groups in total. The fraction of sp³-hybridized carbons (Fsp3) is 0.257. The molecule has 0 aliphatic rings. The van der Waals surface area contributed by atoms with E-state index >= 15 is 0 Å². The van der Waals surface area contributed by atoms with Crippen molar-refractivity contribution < 1.29 is 22.7 Å². The van der Waals surface area contributed by atoms with Gasteiger partial charge in [0, 0.05) is 23.1 Å². The molecular weight excluding hydrogens is 645 g/mol. The lowest BCUT2D eigenvalue weighted by atomic mass is 10.1. The van der Waals surface area contributed by atoms with Gasteiger partial charge in [-0.05, 0) is 86.0 Å². The van der Waals surface area contributed by atoms with Crippen LogP contribution in [0.25, 0.3) is 0 Å². The maximum atomic E-state index is 14.3. The Morgan fingerprint density at radius 1 is 0.870 bits per heavy atom. The average molecular weight is 683 g/mol. The minimum absolute atomic E-state index is 0.0236. The molecule has 242 valence electrons. The molecule has 0 unspecified atom stereocenters. The van der Waals surface area contributed by atoms with Crippen LogP contribution < -0.4 is 14.4 Å². The lowest BCUT2D eigenvalue weighted by molar-refractivity contribution is -0.140. The molecule has 0 aliphatic heterocycles. The number of anilines is 1. The number of carbonyl (C=O) groups is 2. The Hall–Kier alpha value is -4.05. The molecule has 4 aromatic carbocycles. The molecule has 0 bridgehead atoms. The van der Waals surface area contributed by atoms with Gasteiger partial charge in [0.05, 0.1) is 10.6 Å². The summed E-state index contributed by atoms with van der Waals surface area (Å²) in [5, 5.41) is 3.62. The molecule has 0 saturated carbocycles. The van der Waals surface area contributed by atoms with Crippen molar-refractivity contribution in [2.24, 2.45) is 0 Å². The smallest absolute Gasteiger partial charge is 0.264 e. The van der Waals surface area contributed by atoms with Crippen LogP contribution in [0, 0.1) is 6.92 Å². The molecule has 0 aromatic heterocycles. The van der Waals surface area contributed by atoms with Crippen molar-refractivity contribution in [3.8, 4) is 11.5 Å². The number of amides is 2. The zero-order valence-corrected chi connectivity index (χ0v) is 28.3. The largest absolute Gasteiger partial charge is 0.457 e. The highest BCUT2D eigenvalue weighted by molar-refractivity contribution is 7.92. The van der Waals surface area contributed by atoms with E-state index < -0.39 is 28.5 Å². The second kappa shape index (κ2) is 16.0. The Labute approximate surface area is 280 Å². The van der Waals surface area contributed by atoms with Gasteiger partial charge in [-0.3, -0.25) is 13.9 Å². The van der Waals surface area contributed by atoms with Crippen LogP contribution in [0.15, 0.2) is 102 Å². The molecule has 0 saturated heterocycles. The topological polar surface area (TPSA) is 96.0 Å². The quantitative estimate of drug-likeness (QED) is 0.148. The zero-order chi connectivity index (χ0) is 33.3. The SMILES string of the molecule is CCCNC(=O)[C@H](CC)N(Cc1ccc(Cl)cc1Cl)C(=O)CN(c1ccc(Oc2ccccc2)cc1)S(=O)(=O)c1ccc(C)cc1. The summed E-state index contributed by atoms with van der Waals surface area (Å²) >= 11 is 12.6. The van der Waals surface area contributed by atoms with E-state index in [1.54, 1.807) is 61.5 Å². The number of aryl methyl sites for hydroxylation is 1. The number of rotatable bonds is 14. The van der Waals surface area contributed by atoms with Gasteiger partial charge in [0.2, 0.25) is 11.8 Å². The summed E-state index contributed by atoms with van der Waals surface area (Å²) in [5.74, 6) is 0.201. The molecule has 4 rings (SSSR count). The number of ether oxygens (including phenoxy) is 1. The van der Waals surface area contributed by atoms with Gasteiger partial charge in [-0.1, -0.05) is 79.0 Å². The zero-order valence-electron chi connectivity index (χ0n) is 26.0. The number of carbonyl (C=O) groups excluding carboxylic acids is 2. The third-order valence-electron chi connectivity index (χ3n) is 7.28. The van der Waals surface area contributed by atoms with Gasteiger partial charge in [-0.15, -0.1) is 0 Å². The van der Waals surface area contributed by atoms with E-state index in [0.29, 0.717) is 46.5 Å². The fourth-order valence-corrected chi connectivity index (χ4v) is 6.67. The number of para-hydroxylation sites is 1. The molecule has 0 heterocycles. The van der Waals surface area contributed by atoms with Crippen LogP contribution in [0.5, 0.6) is 11.5 Å². The Morgan fingerprint density at radius 3 is 2.13 bits per heavy atom. The van der Waals surface area contributed by atoms with Crippen molar-refractivity contribution in [2.75, 3.05) is 17.4 Å². The van der Waals surface area contributed by atoms with Crippen molar-refractivity contribution in [3.05, 3.63) is 118 Å². The first-order valence-electron chi connectivity index (χ1n) is 15.0. The summed E-state index contributed by atoms with van der Waals surface area (Å²) in [7, 11) is -4.22. The maximum absolute atomic E-state index is 14.3. The van der Waals surface area contributed by atoms with Crippen molar-refractivity contribution >= 4 is 50.7 Å². The molecule has 0 aliphatic carbocycles. The van der Waals surface area contributed by atoms with E-state index in [4.69, 9.17) is 27.9 Å². The van der Waals surface area contributed by atoms with Crippen LogP contribution in [-0.2, 0) is 26.2 Å². The van der Waals surface area contributed by atoms with E-state index in [1.165, 1.54) is 17.0 Å². The Balaban J connectivity index is 1.74. The summed E-state index contributed by atoms with van der Waals surface area (Å²) in [6.07, 6.45) is 1.01. The number of hydrogen-bond acceptors (Lipinski definition) is 5. The lowest BCUT2D eigenvalue weighted by Crippen LogP contribution is -2.52. The second-order valence-electron chi connectivity index (χ2n) is 10.7. The van der Waals surface area contributed by atoms with Gasteiger partial charge < -0.3 is 15.0 Å². The van der Waals surface area contributed by atoms with Crippen molar-refractivity contribution in [3.63, 3.8) is 0 Å². The maximum Gasteiger partial charge on any atom is 0.264 e. The first-order valence-corrected chi connectivity index (χ1v) is 17.2. The molecule has 46 heavy (non-hydrogen) atoms. The number of nitrogens with one attached hydrogen (secondary N) is 1. The van der Waals surface area contributed by atoms with Crippen molar-refractivity contribution in [1.29, 1.82) is 0 Å². The Bertz CT molecular complexity index is 1730. The Kier molecular flexibility index (Phi) is 12.1. The van der Waals surface area contributed by atoms with Gasteiger partial charge in [-0.25, -0.2) is 8.42 Å². The normalized spacial score (nSPS) is 11.8. The standard InChI is InChI=1S/C35H37Cl2N3O5S/c1-4-21-38-35(42)33(5-2)39(23-26-13-14-27(36)22-32(26)37)34(41)24-40(46(43,44)31-19-11-25(3)12-20-31)28-15-17-30(18-16-28)45-29-9-7-6-8-10-29/h6-20,22,33H,4-5,21,23-24H2,1-3H3,(H,38,42)/t33-/m0/s1. The Morgan fingerprint density at radius 2 is 1.52 bits per heavy atom. The van der Waals surface area contributed by atoms with E-state index in [2.05, 4.69) is 5.32 Å². The highest BCUT2D eigenvalue weighted by Crippen LogP contribution is 2.29. The van der Waals surface area contributed by atoms with Gasteiger partial charge >= 0.3 is 0 Å². The summed E-state index contributed by atoms with van der Waals surface area (Å²) in [5.41, 5.74) is 1.71. The molecule has 11 heteroatoms. The van der Waals surface area contributed by atoms with E-state index in [1.807, 2.05) is 44.2 Å². The lowest BCUT2D eigenvalue weighted by Gasteiger charge is -2.33. The van der Waals surface area contributed by atoms with Gasteiger partial charge in [0.15, 0.2) is 0 Å². The molecule has 0 spiro atoms. The van der Waals surface area contributed by atoms with E-state index in [-0.39, 0.29) is 23.0 Å². The van der Waals surface area contributed by atoms with Crippen LogP contribution in [0.1, 0.15) is 37.8 Å². The van der Waals surface area contributed by atoms with Crippen molar-refractivity contribution in [2.45, 2.75) is 51.1 Å². The molecule has 0 radical (unpaired) electrons. The van der Waals surface area contributed by atoms with Crippen LogP contribution in [0.4, 0.5) is 5.69 Å². The molecule has 2 amide bonds. The highest BCUT2D eigenvalue weighted by atomic mass is 35.5. The number of sulfonamides is 1. The number of nitrogens with zero attached hydrogens (tertiary/aromatic N) is 2. The van der Waals surface area contributed by atoms with Gasteiger partial charge in [0.1, 0.15) is 24.1 Å². The average Bonchev–Trinajstić information content (AvgIpc) is 3.04. The molecule has 8 nitrogen and oxygen atoms in total. The number of halogens is 2. The first-order chi connectivity index (χ1) is 22.0. The van der Waals surface area contributed by atoms with E-state index in [0.717, 1.165) is 9.87 Å². The number of hydrogen-bond donors (Lipinski definition) is 1. The highest BCUT2D eigenvalue weighted by Gasteiger charge is 2.34. The van der Waals surface area contributed by atoms with Crippen LogP contribution in [-0.4, -0.2) is 44.3 Å². The second-order valence-corrected chi connectivity index (χ2v) is 13.4. The minimum atomic E-state index is -4.22. The van der Waals surface area contributed by atoms with Crippen LogP contribution in [0.3, 0.4) is 0 Å². The van der Waals surface area contributed by atoms with Crippen molar-refractivity contribution in [1.82, 2.24) is 10.2 Å². The predicted octanol–water partition coefficient (Wildman–Crippen LogP) is 7.62. The van der Waals surface area contributed by atoms with Crippen LogP contribution in [0.2, 0.25) is 10.0 Å². The van der Waals surface area contributed by atoms with Gasteiger partial charge in [0.25, 0.3) is 10.0 Å². The van der Waals surface area contributed by atoms with Crippen LogP contribution >= 0.6 is 23.2 Å². The summed E-state index contributed by atoms with van der Waals surface area (Å²) in [6.45, 7) is 5.42. The van der Waals surface area contributed by atoms with E-state index in [9.17, 15) is 18.0 Å². The molecule has 4 aromatic rings. The predicted molar refractivity (Wildman–Crippen MR) is 183 cm³/mol. The summed E-state index contributed by atoms with van der Waals surface area (Å²) < 4.78 is 35.3. The summed E-state index contributed by atoms with van der Waals surface area (Å²) in [6, 6.07) is 26.1. The third-order valence-corrected chi connectivity index (χ3v) is 9.66. The third kappa shape index (κ3) is 8.81. The monoisotopic (exact) mass is 681 g/mol. The first kappa shape index (κ1) is 34.8. The number of benzene rings is 4. The molecular formula is C35H37Cl2N3O5S. The minimum Gasteiger partial charge on any atom is -0.457 e. The van der Waals surface area contributed by atoms with Gasteiger partial charge in [-0.2, -0.15) is 0 Å².